The van der Waals surface area contributed by atoms with Crippen molar-refractivity contribution < 1.29 is 0 Å². The minimum Gasteiger partial charge on any atom is -0.385 e. The van der Waals surface area contributed by atoms with Gasteiger partial charge in [0.25, 0.3) is 0 Å². The molecule has 1 aromatic carbocycles. The average molecular weight is 201 g/mol. The van der Waals surface area contributed by atoms with Crippen LogP contribution in [-0.4, -0.2) is 16.5 Å². The number of nitrogens with one attached hydrogen (secondary N) is 2. The van der Waals surface area contributed by atoms with Crippen molar-refractivity contribution in [2.75, 3.05) is 11.9 Å². The van der Waals surface area contributed by atoms with Crippen molar-refractivity contribution in [2.45, 2.75) is 12.8 Å². The highest BCUT2D eigenvalue weighted by Gasteiger charge is 1.94. The third kappa shape index (κ3) is 3.13. The molecular weight excluding hydrogens is 186 g/mol. The van der Waals surface area contributed by atoms with Gasteiger partial charge in [0.2, 0.25) is 0 Å². The van der Waals surface area contributed by atoms with E-state index >= 15 is 0 Å². The quantitative estimate of drug-likeness (QED) is 0.729. The standard InChI is InChI=1S/C12H15N3/c1-2-5-11(6-3-1)13-8-4-7-12-14-9-10-15-12/h1-3,5-6,9-10,13H,4,7-8H2,(H,14,15). The summed E-state index contributed by atoms with van der Waals surface area (Å²) in [5, 5.41) is 3.37. The van der Waals surface area contributed by atoms with Gasteiger partial charge in [-0.25, -0.2) is 4.98 Å². The summed E-state index contributed by atoms with van der Waals surface area (Å²) in [6.45, 7) is 0.977. The van der Waals surface area contributed by atoms with Gasteiger partial charge in [0.05, 0.1) is 0 Å². The minimum atomic E-state index is 0.977. The summed E-state index contributed by atoms with van der Waals surface area (Å²) in [6.07, 6.45) is 5.73. The molecule has 2 N–H and O–H groups in total. The maximum absolute atomic E-state index is 4.18. The number of imidazole rings is 1. The van der Waals surface area contributed by atoms with E-state index < -0.39 is 0 Å². The smallest absolute Gasteiger partial charge is 0.106 e. The summed E-state index contributed by atoms with van der Waals surface area (Å²) in [5.74, 6) is 1.06. The lowest BCUT2D eigenvalue weighted by Crippen LogP contribution is -2.03. The molecule has 3 nitrogen and oxygen atoms in total. The lowest BCUT2D eigenvalue weighted by atomic mass is 10.2. The number of anilines is 1. The van der Waals surface area contributed by atoms with E-state index in [2.05, 4.69) is 27.4 Å². The summed E-state index contributed by atoms with van der Waals surface area (Å²) in [7, 11) is 0. The number of hydrogen-bond donors (Lipinski definition) is 2. The van der Waals surface area contributed by atoms with Crippen LogP contribution in [0.2, 0.25) is 0 Å². The first-order chi connectivity index (χ1) is 7.45. The highest BCUT2D eigenvalue weighted by atomic mass is 14.9. The molecule has 0 saturated heterocycles. The second-order valence-corrected chi connectivity index (χ2v) is 3.43. The molecule has 0 aliphatic carbocycles. The lowest BCUT2D eigenvalue weighted by molar-refractivity contribution is 0.816. The fraction of sp³-hybridized carbons (Fsp3) is 0.250. The number of para-hydroxylation sites is 1. The normalized spacial score (nSPS) is 10.1. The highest BCUT2D eigenvalue weighted by Crippen LogP contribution is 2.05. The topological polar surface area (TPSA) is 40.7 Å². The van der Waals surface area contributed by atoms with Gasteiger partial charge in [0.1, 0.15) is 5.82 Å². The molecule has 0 aliphatic heterocycles. The maximum atomic E-state index is 4.18. The molecule has 78 valence electrons. The number of H-pyrrole nitrogens is 1. The zero-order valence-corrected chi connectivity index (χ0v) is 8.61. The van der Waals surface area contributed by atoms with Crippen molar-refractivity contribution in [3.8, 4) is 0 Å². The van der Waals surface area contributed by atoms with Gasteiger partial charge in [-0.15, -0.1) is 0 Å². The zero-order chi connectivity index (χ0) is 10.3. The Kier molecular flexibility index (Phi) is 3.38. The van der Waals surface area contributed by atoms with Crippen LogP contribution in [0.25, 0.3) is 0 Å². The maximum Gasteiger partial charge on any atom is 0.106 e. The molecule has 0 spiro atoms. The van der Waals surface area contributed by atoms with Crippen molar-refractivity contribution in [1.29, 1.82) is 0 Å². The molecule has 3 heteroatoms. The van der Waals surface area contributed by atoms with Gasteiger partial charge in [-0.2, -0.15) is 0 Å². The molecule has 0 aliphatic rings. The molecule has 1 heterocycles. The van der Waals surface area contributed by atoms with Crippen molar-refractivity contribution in [3.05, 3.63) is 48.5 Å². The molecule has 2 rings (SSSR count). The third-order valence-electron chi connectivity index (χ3n) is 2.25. The fourth-order valence-electron chi connectivity index (χ4n) is 1.48. The minimum absolute atomic E-state index is 0.977. The van der Waals surface area contributed by atoms with Crippen LogP contribution in [0, 0.1) is 0 Å². The first-order valence-electron chi connectivity index (χ1n) is 5.22. The first-order valence-corrected chi connectivity index (χ1v) is 5.22. The van der Waals surface area contributed by atoms with Crippen molar-refractivity contribution >= 4 is 5.69 Å². The predicted molar refractivity (Wildman–Crippen MR) is 61.8 cm³/mol. The first kappa shape index (κ1) is 9.77. The number of aromatic amines is 1. The monoisotopic (exact) mass is 201 g/mol. The SMILES string of the molecule is c1ccc(NCCCc2ncc[nH]2)cc1. The van der Waals surface area contributed by atoms with Gasteiger partial charge in [-0.3, -0.25) is 0 Å². The molecular formula is C12H15N3. The van der Waals surface area contributed by atoms with E-state index in [1.165, 1.54) is 5.69 Å². The zero-order valence-electron chi connectivity index (χ0n) is 8.61. The molecule has 0 amide bonds. The Morgan fingerprint density at radius 2 is 2.07 bits per heavy atom. The second-order valence-electron chi connectivity index (χ2n) is 3.43. The Balaban J connectivity index is 1.68. The Morgan fingerprint density at radius 3 is 2.80 bits per heavy atom. The number of rotatable bonds is 5. The molecule has 0 radical (unpaired) electrons. The van der Waals surface area contributed by atoms with Gasteiger partial charge in [0.15, 0.2) is 0 Å². The van der Waals surface area contributed by atoms with Gasteiger partial charge < -0.3 is 10.3 Å². The van der Waals surface area contributed by atoms with Crippen LogP contribution in [-0.2, 0) is 6.42 Å². The van der Waals surface area contributed by atoms with Crippen LogP contribution in [0.1, 0.15) is 12.2 Å². The summed E-state index contributed by atoms with van der Waals surface area (Å²) < 4.78 is 0. The van der Waals surface area contributed by atoms with Gasteiger partial charge in [0, 0.05) is 31.0 Å². The third-order valence-corrected chi connectivity index (χ3v) is 2.25. The van der Waals surface area contributed by atoms with E-state index in [1.54, 1.807) is 6.20 Å². The molecule has 15 heavy (non-hydrogen) atoms. The largest absolute Gasteiger partial charge is 0.385 e. The van der Waals surface area contributed by atoms with Crippen LogP contribution in [0.5, 0.6) is 0 Å². The molecule has 1 aromatic heterocycles. The van der Waals surface area contributed by atoms with Gasteiger partial charge in [-0.05, 0) is 18.6 Å². The van der Waals surface area contributed by atoms with Gasteiger partial charge in [-0.1, -0.05) is 18.2 Å². The summed E-state index contributed by atoms with van der Waals surface area (Å²) >= 11 is 0. The van der Waals surface area contributed by atoms with Crippen LogP contribution in [0.15, 0.2) is 42.7 Å². The van der Waals surface area contributed by atoms with Gasteiger partial charge >= 0.3 is 0 Å². The van der Waals surface area contributed by atoms with Crippen LogP contribution in [0.3, 0.4) is 0 Å². The number of hydrogen-bond acceptors (Lipinski definition) is 2. The molecule has 0 unspecified atom stereocenters. The summed E-state index contributed by atoms with van der Waals surface area (Å²) in [5.41, 5.74) is 1.18. The Morgan fingerprint density at radius 1 is 1.20 bits per heavy atom. The average Bonchev–Trinajstić information content (AvgIpc) is 2.79. The molecule has 0 fully saturated rings. The van der Waals surface area contributed by atoms with Crippen molar-refractivity contribution in [3.63, 3.8) is 0 Å². The van der Waals surface area contributed by atoms with E-state index in [0.29, 0.717) is 0 Å². The van der Waals surface area contributed by atoms with E-state index in [1.807, 2.05) is 24.4 Å². The number of aryl methyl sites for hydroxylation is 1. The van der Waals surface area contributed by atoms with E-state index in [9.17, 15) is 0 Å². The van der Waals surface area contributed by atoms with Crippen molar-refractivity contribution in [1.82, 2.24) is 9.97 Å². The van der Waals surface area contributed by atoms with E-state index in [4.69, 9.17) is 0 Å². The molecule has 2 aromatic rings. The second kappa shape index (κ2) is 5.20. The van der Waals surface area contributed by atoms with Crippen LogP contribution >= 0.6 is 0 Å². The summed E-state index contributed by atoms with van der Waals surface area (Å²) in [6, 6.07) is 10.2. The number of aromatic nitrogens is 2. The number of benzene rings is 1. The fourth-order valence-corrected chi connectivity index (χ4v) is 1.48. The highest BCUT2D eigenvalue weighted by molar-refractivity contribution is 5.42. The molecule has 0 bridgehead atoms. The van der Waals surface area contributed by atoms with Crippen molar-refractivity contribution in [2.24, 2.45) is 0 Å². The predicted octanol–water partition coefficient (Wildman–Crippen LogP) is 2.45. The Hall–Kier alpha value is -1.77. The number of nitrogens with zero attached hydrogens (tertiary/aromatic N) is 1. The Bertz CT molecular complexity index is 367. The lowest BCUT2D eigenvalue weighted by Gasteiger charge is -2.04. The Labute approximate surface area is 89.6 Å². The van der Waals surface area contributed by atoms with Crippen LogP contribution < -0.4 is 5.32 Å². The molecule has 0 atom stereocenters. The summed E-state index contributed by atoms with van der Waals surface area (Å²) in [4.78, 5) is 7.27. The van der Waals surface area contributed by atoms with E-state index in [0.717, 1.165) is 25.2 Å². The van der Waals surface area contributed by atoms with E-state index in [-0.39, 0.29) is 0 Å². The molecule has 0 saturated carbocycles. The van der Waals surface area contributed by atoms with Crippen LogP contribution in [0.4, 0.5) is 5.69 Å².